The standard InChI is InChI=1S/C9H12N2O2/c1-3-8(11(12)13)6-9-7(2)4-5-10-9/h3,6,10H,1,4-5H2,2H3/b8-6+. The molecule has 1 N–H and O–H groups in total. The minimum atomic E-state index is -0.437. The van der Waals surface area contributed by atoms with Crippen LogP contribution in [0.3, 0.4) is 0 Å². The molecular formula is C9H12N2O2. The normalized spacial score (nSPS) is 17.2. The van der Waals surface area contributed by atoms with E-state index >= 15 is 0 Å². The molecule has 0 radical (unpaired) electrons. The minimum absolute atomic E-state index is 0.0313. The van der Waals surface area contributed by atoms with E-state index < -0.39 is 4.92 Å². The summed E-state index contributed by atoms with van der Waals surface area (Å²) in [5.74, 6) is 0. The maximum atomic E-state index is 10.4. The van der Waals surface area contributed by atoms with E-state index in [4.69, 9.17) is 0 Å². The molecule has 0 saturated heterocycles. The molecule has 0 fully saturated rings. The Morgan fingerprint density at radius 2 is 2.46 bits per heavy atom. The van der Waals surface area contributed by atoms with E-state index in [1.807, 2.05) is 6.92 Å². The molecule has 0 spiro atoms. The molecule has 1 aliphatic heterocycles. The molecule has 1 aliphatic rings. The number of rotatable bonds is 3. The average Bonchev–Trinajstić information content (AvgIpc) is 2.46. The van der Waals surface area contributed by atoms with Crippen LogP contribution in [0.15, 0.2) is 35.7 Å². The maximum Gasteiger partial charge on any atom is 0.270 e. The molecule has 4 nitrogen and oxygen atoms in total. The van der Waals surface area contributed by atoms with Crippen molar-refractivity contribution < 1.29 is 4.92 Å². The van der Waals surface area contributed by atoms with Crippen LogP contribution in [-0.2, 0) is 0 Å². The lowest BCUT2D eigenvalue weighted by Gasteiger charge is -1.97. The van der Waals surface area contributed by atoms with Gasteiger partial charge in [-0.1, -0.05) is 6.58 Å². The van der Waals surface area contributed by atoms with Crippen molar-refractivity contribution in [3.8, 4) is 0 Å². The smallest absolute Gasteiger partial charge is 0.270 e. The number of nitro groups is 1. The second-order valence-corrected chi connectivity index (χ2v) is 2.90. The molecule has 0 aromatic carbocycles. The molecule has 0 unspecified atom stereocenters. The first-order valence-corrected chi connectivity index (χ1v) is 4.07. The van der Waals surface area contributed by atoms with Gasteiger partial charge in [0.1, 0.15) is 0 Å². The van der Waals surface area contributed by atoms with Gasteiger partial charge in [-0.2, -0.15) is 0 Å². The maximum absolute atomic E-state index is 10.4. The zero-order chi connectivity index (χ0) is 9.84. The van der Waals surface area contributed by atoms with Gasteiger partial charge >= 0.3 is 0 Å². The second kappa shape index (κ2) is 3.89. The molecule has 0 amide bonds. The third-order valence-corrected chi connectivity index (χ3v) is 1.99. The summed E-state index contributed by atoms with van der Waals surface area (Å²) in [6.45, 7) is 6.21. The number of allylic oxidation sites excluding steroid dienone is 2. The van der Waals surface area contributed by atoms with Crippen LogP contribution in [0, 0.1) is 10.1 Å². The van der Waals surface area contributed by atoms with E-state index in [-0.39, 0.29) is 5.70 Å². The Hall–Kier alpha value is -1.58. The molecule has 0 atom stereocenters. The van der Waals surface area contributed by atoms with E-state index in [0.29, 0.717) is 0 Å². The van der Waals surface area contributed by atoms with Crippen LogP contribution in [0.1, 0.15) is 13.3 Å². The van der Waals surface area contributed by atoms with Crippen LogP contribution in [0.5, 0.6) is 0 Å². The fourth-order valence-corrected chi connectivity index (χ4v) is 1.18. The van der Waals surface area contributed by atoms with Crippen molar-refractivity contribution in [1.29, 1.82) is 0 Å². The summed E-state index contributed by atoms with van der Waals surface area (Å²) in [4.78, 5) is 10.0. The van der Waals surface area contributed by atoms with Gasteiger partial charge in [0.25, 0.3) is 5.70 Å². The van der Waals surface area contributed by atoms with Crippen LogP contribution in [0.2, 0.25) is 0 Å². The minimum Gasteiger partial charge on any atom is -0.385 e. The lowest BCUT2D eigenvalue weighted by atomic mass is 10.2. The van der Waals surface area contributed by atoms with Gasteiger partial charge in [0.2, 0.25) is 0 Å². The van der Waals surface area contributed by atoms with Gasteiger partial charge in [-0.05, 0) is 18.9 Å². The Morgan fingerprint density at radius 1 is 1.77 bits per heavy atom. The summed E-state index contributed by atoms with van der Waals surface area (Å²) < 4.78 is 0. The first-order chi connectivity index (χ1) is 6.15. The van der Waals surface area contributed by atoms with Gasteiger partial charge in [-0.3, -0.25) is 10.1 Å². The highest BCUT2D eigenvalue weighted by atomic mass is 16.6. The van der Waals surface area contributed by atoms with E-state index in [0.717, 1.165) is 24.2 Å². The number of nitrogens with zero attached hydrogens (tertiary/aromatic N) is 1. The monoisotopic (exact) mass is 180 g/mol. The third-order valence-electron chi connectivity index (χ3n) is 1.99. The van der Waals surface area contributed by atoms with Crippen molar-refractivity contribution in [2.24, 2.45) is 0 Å². The molecule has 0 bridgehead atoms. The van der Waals surface area contributed by atoms with Crippen LogP contribution in [0.25, 0.3) is 0 Å². The molecule has 1 rings (SSSR count). The first-order valence-electron chi connectivity index (χ1n) is 4.07. The van der Waals surface area contributed by atoms with Gasteiger partial charge in [0, 0.05) is 24.4 Å². The summed E-state index contributed by atoms with van der Waals surface area (Å²) >= 11 is 0. The van der Waals surface area contributed by atoms with Crippen molar-refractivity contribution in [3.05, 3.63) is 45.8 Å². The lowest BCUT2D eigenvalue weighted by Crippen LogP contribution is -2.07. The van der Waals surface area contributed by atoms with Crippen molar-refractivity contribution in [1.82, 2.24) is 5.32 Å². The lowest BCUT2D eigenvalue weighted by molar-refractivity contribution is -0.419. The summed E-state index contributed by atoms with van der Waals surface area (Å²) in [6, 6.07) is 0. The zero-order valence-electron chi connectivity index (χ0n) is 7.54. The van der Waals surface area contributed by atoms with Gasteiger partial charge in [-0.15, -0.1) is 0 Å². The molecular weight excluding hydrogens is 168 g/mol. The van der Waals surface area contributed by atoms with Crippen molar-refractivity contribution >= 4 is 0 Å². The quantitative estimate of drug-likeness (QED) is 0.407. The number of nitrogens with one attached hydrogen (secondary N) is 1. The highest BCUT2D eigenvalue weighted by Crippen LogP contribution is 2.15. The fraction of sp³-hybridized carbons (Fsp3) is 0.333. The molecule has 1 heterocycles. The topological polar surface area (TPSA) is 55.2 Å². The predicted octanol–water partition coefficient (Wildman–Crippen LogP) is 1.60. The van der Waals surface area contributed by atoms with E-state index in [1.54, 1.807) is 0 Å². The van der Waals surface area contributed by atoms with Gasteiger partial charge in [0.15, 0.2) is 0 Å². The number of hydrogen-bond acceptors (Lipinski definition) is 3. The summed E-state index contributed by atoms with van der Waals surface area (Å²) in [7, 11) is 0. The van der Waals surface area contributed by atoms with Crippen LogP contribution in [0.4, 0.5) is 0 Å². The highest BCUT2D eigenvalue weighted by Gasteiger charge is 2.12. The Balaban J connectivity index is 2.90. The molecule has 70 valence electrons. The van der Waals surface area contributed by atoms with Gasteiger partial charge in [0.05, 0.1) is 4.92 Å². The van der Waals surface area contributed by atoms with E-state index in [1.165, 1.54) is 12.2 Å². The predicted molar refractivity (Wildman–Crippen MR) is 50.6 cm³/mol. The van der Waals surface area contributed by atoms with Crippen LogP contribution >= 0.6 is 0 Å². The summed E-state index contributed by atoms with van der Waals surface area (Å²) in [5.41, 5.74) is 2.04. The molecule has 0 aliphatic carbocycles. The number of hydrogen-bond donors (Lipinski definition) is 1. The second-order valence-electron chi connectivity index (χ2n) is 2.90. The first kappa shape index (κ1) is 9.51. The van der Waals surface area contributed by atoms with Crippen LogP contribution < -0.4 is 5.32 Å². The van der Waals surface area contributed by atoms with Crippen molar-refractivity contribution in [3.63, 3.8) is 0 Å². The Labute approximate surface area is 76.8 Å². The third kappa shape index (κ3) is 2.18. The fourth-order valence-electron chi connectivity index (χ4n) is 1.18. The Kier molecular flexibility index (Phi) is 2.84. The Bertz CT molecular complexity index is 303. The van der Waals surface area contributed by atoms with Gasteiger partial charge in [-0.25, -0.2) is 0 Å². The van der Waals surface area contributed by atoms with E-state index in [2.05, 4.69) is 11.9 Å². The van der Waals surface area contributed by atoms with Crippen molar-refractivity contribution in [2.75, 3.05) is 6.54 Å². The average molecular weight is 180 g/mol. The summed E-state index contributed by atoms with van der Waals surface area (Å²) in [5, 5.41) is 13.5. The largest absolute Gasteiger partial charge is 0.385 e. The highest BCUT2D eigenvalue weighted by molar-refractivity contribution is 5.30. The molecule has 0 aromatic heterocycles. The Morgan fingerprint density at radius 3 is 2.85 bits per heavy atom. The molecule has 13 heavy (non-hydrogen) atoms. The molecule has 0 aromatic rings. The zero-order valence-corrected chi connectivity index (χ0v) is 7.54. The van der Waals surface area contributed by atoms with Crippen LogP contribution in [-0.4, -0.2) is 11.5 Å². The SMILES string of the molecule is C=C/C(=C\C1=C(C)CCN1)[N+](=O)[O-]. The summed E-state index contributed by atoms with van der Waals surface area (Å²) in [6.07, 6.45) is 3.73. The van der Waals surface area contributed by atoms with E-state index in [9.17, 15) is 10.1 Å². The molecule has 0 saturated carbocycles. The van der Waals surface area contributed by atoms with Crippen molar-refractivity contribution in [2.45, 2.75) is 13.3 Å². The van der Waals surface area contributed by atoms with Gasteiger partial charge < -0.3 is 5.32 Å². The molecule has 4 heteroatoms.